The largest absolute Gasteiger partial charge is 0.467 e. The summed E-state index contributed by atoms with van der Waals surface area (Å²) in [5.74, 6) is 0.544. The van der Waals surface area contributed by atoms with E-state index in [9.17, 15) is 4.79 Å². The van der Waals surface area contributed by atoms with Gasteiger partial charge in [0, 0.05) is 25.0 Å². The molecular weight excluding hydrogens is 312 g/mol. The number of rotatable bonds is 5. The maximum absolute atomic E-state index is 12.3. The predicted octanol–water partition coefficient (Wildman–Crippen LogP) is 3.06. The van der Waals surface area contributed by atoms with E-state index < -0.39 is 0 Å². The molecular formula is C16H16N4O2S. The quantitative estimate of drug-likeness (QED) is 0.732. The molecule has 0 aliphatic heterocycles. The third-order valence-electron chi connectivity index (χ3n) is 3.27. The fraction of sp³-hybridized carbons (Fsp3) is 0.188. The molecule has 0 aliphatic rings. The van der Waals surface area contributed by atoms with Gasteiger partial charge in [0.1, 0.15) is 10.8 Å². The van der Waals surface area contributed by atoms with Crippen LogP contribution in [0.4, 0.5) is 5.00 Å². The highest BCUT2D eigenvalue weighted by Crippen LogP contribution is 2.26. The van der Waals surface area contributed by atoms with Crippen LogP contribution in [0.15, 0.2) is 45.4 Å². The van der Waals surface area contributed by atoms with E-state index in [0.29, 0.717) is 22.9 Å². The van der Waals surface area contributed by atoms with Gasteiger partial charge < -0.3 is 9.73 Å². The lowest BCUT2D eigenvalue weighted by Gasteiger charge is -2.02. The van der Waals surface area contributed by atoms with Gasteiger partial charge in [-0.1, -0.05) is 0 Å². The Hall–Kier alpha value is -2.67. The Labute approximate surface area is 137 Å². The summed E-state index contributed by atoms with van der Waals surface area (Å²) in [6.45, 7) is 2.28. The number of aromatic nitrogens is 2. The van der Waals surface area contributed by atoms with Crippen molar-refractivity contribution in [2.45, 2.75) is 13.5 Å². The molecule has 0 saturated heterocycles. The number of hydrogen-bond donors (Lipinski definition) is 1. The summed E-state index contributed by atoms with van der Waals surface area (Å²) in [5.41, 5.74) is 2.39. The first-order chi connectivity index (χ1) is 11.1. The molecule has 7 heteroatoms. The number of carbonyl (C=O) groups excluding carboxylic acids is 1. The Morgan fingerprint density at radius 2 is 2.39 bits per heavy atom. The maximum Gasteiger partial charge on any atom is 0.254 e. The Morgan fingerprint density at radius 3 is 3.09 bits per heavy atom. The van der Waals surface area contributed by atoms with Gasteiger partial charge in [-0.2, -0.15) is 5.10 Å². The molecule has 6 nitrogen and oxygen atoms in total. The van der Waals surface area contributed by atoms with Crippen LogP contribution in [0.5, 0.6) is 0 Å². The Kier molecular flexibility index (Phi) is 4.38. The summed E-state index contributed by atoms with van der Waals surface area (Å²) < 4.78 is 6.94. The average Bonchev–Trinajstić information content (AvgIpc) is 3.24. The van der Waals surface area contributed by atoms with Crippen molar-refractivity contribution in [3.63, 3.8) is 0 Å². The molecule has 1 amide bonds. The van der Waals surface area contributed by atoms with Crippen LogP contribution in [0.2, 0.25) is 0 Å². The van der Waals surface area contributed by atoms with Gasteiger partial charge in [0.25, 0.3) is 5.91 Å². The summed E-state index contributed by atoms with van der Waals surface area (Å²) in [6, 6.07) is 5.38. The first-order valence-corrected chi connectivity index (χ1v) is 7.94. The maximum atomic E-state index is 12.3. The third-order valence-corrected chi connectivity index (χ3v) is 4.09. The number of furan rings is 1. The molecule has 1 N–H and O–H groups in total. The number of nitrogens with one attached hydrogen (secondary N) is 1. The van der Waals surface area contributed by atoms with E-state index in [2.05, 4.69) is 15.4 Å². The highest BCUT2D eigenvalue weighted by molar-refractivity contribution is 7.14. The van der Waals surface area contributed by atoms with E-state index in [1.807, 2.05) is 31.6 Å². The van der Waals surface area contributed by atoms with Crippen molar-refractivity contribution < 1.29 is 9.21 Å². The van der Waals surface area contributed by atoms with Crippen molar-refractivity contribution in [2.75, 3.05) is 0 Å². The second-order valence-corrected chi connectivity index (χ2v) is 5.90. The molecule has 0 unspecified atom stereocenters. The van der Waals surface area contributed by atoms with Crippen molar-refractivity contribution in [3.05, 3.63) is 58.6 Å². The lowest BCUT2D eigenvalue weighted by molar-refractivity contribution is 0.0949. The Morgan fingerprint density at radius 1 is 1.52 bits per heavy atom. The fourth-order valence-electron chi connectivity index (χ4n) is 2.12. The molecule has 3 heterocycles. The molecule has 0 saturated carbocycles. The minimum Gasteiger partial charge on any atom is -0.467 e. The minimum atomic E-state index is -0.169. The van der Waals surface area contributed by atoms with Gasteiger partial charge >= 0.3 is 0 Å². The standard InChI is InChI=1S/C16H16N4O2S/c1-11-12(10-20(2)19-11)8-18-16-14(5-7-23-16)15(21)17-9-13-4-3-6-22-13/h3-8,10H,9H2,1-2H3,(H,17,21)/b18-8+. The van der Waals surface area contributed by atoms with Crippen LogP contribution in [-0.2, 0) is 13.6 Å². The second-order valence-electron chi connectivity index (χ2n) is 5.00. The van der Waals surface area contributed by atoms with E-state index in [1.54, 1.807) is 29.3 Å². The number of carbonyl (C=O) groups is 1. The molecule has 0 bridgehead atoms. The van der Waals surface area contributed by atoms with Crippen molar-refractivity contribution >= 4 is 28.5 Å². The zero-order chi connectivity index (χ0) is 16.2. The number of amides is 1. The molecule has 0 aliphatic carbocycles. The van der Waals surface area contributed by atoms with E-state index in [-0.39, 0.29) is 5.91 Å². The second kappa shape index (κ2) is 6.62. The van der Waals surface area contributed by atoms with Crippen LogP contribution < -0.4 is 5.32 Å². The van der Waals surface area contributed by atoms with Crippen LogP contribution in [-0.4, -0.2) is 21.9 Å². The lowest BCUT2D eigenvalue weighted by atomic mass is 10.3. The minimum absolute atomic E-state index is 0.169. The summed E-state index contributed by atoms with van der Waals surface area (Å²) in [4.78, 5) is 16.7. The van der Waals surface area contributed by atoms with E-state index in [0.717, 1.165) is 11.3 Å². The molecule has 0 spiro atoms. The van der Waals surface area contributed by atoms with Crippen LogP contribution in [0.25, 0.3) is 0 Å². The smallest absolute Gasteiger partial charge is 0.254 e. The normalized spacial score (nSPS) is 11.2. The first kappa shape index (κ1) is 15.2. The van der Waals surface area contributed by atoms with Gasteiger partial charge in [0.2, 0.25) is 0 Å². The molecule has 3 aromatic heterocycles. The van der Waals surface area contributed by atoms with Gasteiger partial charge in [-0.3, -0.25) is 9.48 Å². The monoisotopic (exact) mass is 328 g/mol. The fourth-order valence-corrected chi connectivity index (χ4v) is 2.86. The Balaban J connectivity index is 1.71. The number of hydrogen-bond acceptors (Lipinski definition) is 5. The average molecular weight is 328 g/mol. The first-order valence-electron chi connectivity index (χ1n) is 7.06. The van der Waals surface area contributed by atoms with Gasteiger partial charge in [0.15, 0.2) is 0 Å². The molecule has 118 valence electrons. The van der Waals surface area contributed by atoms with Gasteiger partial charge in [-0.05, 0) is 30.5 Å². The molecule has 0 atom stereocenters. The predicted molar refractivity (Wildman–Crippen MR) is 89.4 cm³/mol. The lowest BCUT2D eigenvalue weighted by Crippen LogP contribution is -2.22. The SMILES string of the molecule is Cc1nn(C)cc1/C=N/c1sccc1C(=O)NCc1ccco1. The van der Waals surface area contributed by atoms with E-state index in [1.165, 1.54) is 11.3 Å². The van der Waals surface area contributed by atoms with Gasteiger partial charge in [-0.25, -0.2) is 4.99 Å². The van der Waals surface area contributed by atoms with Crippen LogP contribution in [0, 0.1) is 6.92 Å². The number of thiophene rings is 1. The van der Waals surface area contributed by atoms with Crippen molar-refractivity contribution in [1.82, 2.24) is 15.1 Å². The molecule has 0 fully saturated rings. The van der Waals surface area contributed by atoms with Gasteiger partial charge in [-0.15, -0.1) is 11.3 Å². The van der Waals surface area contributed by atoms with Crippen LogP contribution >= 0.6 is 11.3 Å². The van der Waals surface area contributed by atoms with Crippen LogP contribution in [0.1, 0.15) is 27.4 Å². The zero-order valence-corrected chi connectivity index (χ0v) is 13.6. The molecule has 23 heavy (non-hydrogen) atoms. The van der Waals surface area contributed by atoms with Crippen LogP contribution in [0.3, 0.4) is 0 Å². The summed E-state index contributed by atoms with van der Waals surface area (Å²) in [7, 11) is 1.86. The van der Waals surface area contributed by atoms with Gasteiger partial charge in [0.05, 0.1) is 24.1 Å². The summed E-state index contributed by atoms with van der Waals surface area (Å²) in [5, 5.41) is 9.61. The van der Waals surface area contributed by atoms with Crippen molar-refractivity contribution in [3.8, 4) is 0 Å². The number of aliphatic imine (C=N–C) groups is 1. The number of aryl methyl sites for hydroxylation is 2. The summed E-state index contributed by atoms with van der Waals surface area (Å²) >= 11 is 1.42. The Bertz CT molecular complexity index is 830. The topological polar surface area (TPSA) is 72.4 Å². The van der Waals surface area contributed by atoms with Crippen molar-refractivity contribution in [2.24, 2.45) is 12.0 Å². The zero-order valence-electron chi connectivity index (χ0n) is 12.8. The summed E-state index contributed by atoms with van der Waals surface area (Å²) in [6.07, 6.45) is 5.21. The molecule has 0 aromatic carbocycles. The van der Waals surface area contributed by atoms with E-state index in [4.69, 9.17) is 4.42 Å². The highest BCUT2D eigenvalue weighted by atomic mass is 32.1. The molecule has 3 aromatic rings. The third kappa shape index (κ3) is 3.57. The molecule has 3 rings (SSSR count). The highest BCUT2D eigenvalue weighted by Gasteiger charge is 2.12. The van der Waals surface area contributed by atoms with Crippen molar-refractivity contribution in [1.29, 1.82) is 0 Å². The van der Waals surface area contributed by atoms with E-state index >= 15 is 0 Å². The molecule has 0 radical (unpaired) electrons. The number of nitrogens with zero attached hydrogens (tertiary/aromatic N) is 3.